The van der Waals surface area contributed by atoms with E-state index in [1.54, 1.807) is 0 Å². The molecular weight excluding hydrogens is 238 g/mol. The fourth-order valence-electron chi connectivity index (χ4n) is 1.80. The Morgan fingerprint density at radius 3 is 2.00 bits per heavy atom. The molecule has 0 aliphatic carbocycles. The Morgan fingerprint density at radius 2 is 1.42 bits per heavy atom. The smallest absolute Gasteiger partial charge is 0.221 e. The fraction of sp³-hybridized carbons (Fsp3) is 0.133. The van der Waals surface area contributed by atoms with E-state index in [2.05, 4.69) is 16.0 Å². The van der Waals surface area contributed by atoms with Gasteiger partial charge in [-0.25, -0.2) is 0 Å². The second kappa shape index (κ2) is 5.91. The van der Waals surface area contributed by atoms with Crippen LogP contribution in [0.2, 0.25) is 0 Å². The number of hydrogen-bond donors (Lipinski definition) is 3. The van der Waals surface area contributed by atoms with Crippen LogP contribution >= 0.6 is 0 Å². The first-order chi connectivity index (χ1) is 9.17. The van der Waals surface area contributed by atoms with E-state index < -0.39 is 0 Å². The van der Waals surface area contributed by atoms with Gasteiger partial charge in [0.2, 0.25) is 5.91 Å². The Labute approximate surface area is 112 Å². The van der Waals surface area contributed by atoms with Gasteiger partial charge in [-0.1, -0.05) is 12.1 Å². The molecule has 0 bridgehead atoms. The fourth-order valence-corrected chi connectivity index (χ4v) is 1.80. The predicted octanol–water partition coefficient (Wildman–Crippen LogP) is 3.43. The Hall–Kier alpha value is -2.49. The molecule has 2 aromatic carbocycles. The molecule has 0 aliphatic rings. The van der Waals surface area contributed by atoms with Gasteiger partial charge < -0.3 is 16.0 Å². The molecule has 2 rings (SSSR count). The maximum atomic E-state index is 11.0. The normalized spacial score (nSPS) is 9.79. The molecule has 0 atom stereocenters. The summed E-state index contributed by atoms with van der Waals surface area (Å²) in [7, 11) is 1.89. The van der Waals surface area contributed by atoms with Gasteiger partial charge in [0.15, 0.2) is 0 Å². The minimum atomic E-state index is -0.0747. The molecule has 0 aliphatic heterocycles. The molecule has 0 radical (unpaired) electrons. The van der Waals surface area contributed by atoms with E-state index in [9.17, 15) is 4.79 Å². The van der Waals surface area contributed by atoms with Crippen LogP contribution in [-0.2, 0) is 4.79 Å². The topological polar surface area (TPSA) is 53.2 Å². The van der Waals surface area contributed by atoms with Crippen molar-refractivity contribution in [2.45, 2.75) is 6.92 Å². The first-order valence-electron chi connectivity index (χ1n) is 6.10. The van der Waals surface area contributed by atoms with Gasteiger partial charge in [-0.3, -0.25) is 4.79 Å². The zero-order chi connectivity index (χ0) is 13.7. The van der Waals surface area contributed by atoms with Crippen molar-refractivity contribution >= 4 is 28.7 Å². The van der Waals surface area contributed by atoms with Gasteiger partial charge in [0.25, 0.3) is 0 Å². The molecule has 98 valence electrons. The molecule has 0 aromatic heterocycles. The monoisotopic (exact) mass is 255 g/mol. The molecule has 19 heavy (non-hydrogen) atoms. The molecule has 0 heterocycles. The summed E-state index contributed by atoms with van der Waals surface area (Å²) >= 11 is 0. The van der Waals surface area contributed by atoms with Crippen molar-refractivity contribution in [3.8, 4) is 0 Å². The van der Waals surface area contributed by atoms with Gasteiger partial charge in [0.1, 0.15) is 0 Å². The molecule has 0 saturated carbocycles. The number of rotatable bonds is 4. The maximum absolute atomic E-state index is 11.0. The lowest BCUT2D eigenvalue weighted by Crippen LogP contribution is -2.05. The van der Waals surface area contributed by atoms with Gasteiger partial charge in [-0.15, -0.1) is 0 Å². The average Bonchev–Trinajstić information content (AvgIpc) is 2.38. The van der Waals surface area contributed by atoms with Crippen LogP contribution in [0.25, 0.3) is 0 Å². The number of benzene rings is 2. The van der Waals surface area contributed by atoms with Crippen molar-refractivity contribution in [2.24, 2.45) is 0 Å². The molecule has 4 heteroatoms. The summed E-state index contributed by atoms with van der Waals surface area (Å²) in [5.41, 5.74) is 3.75. The average molecular weight is 255 g/mol. The molecule has 0 saturated heterocycles. The maximum Gasteiger partial charge on any atom is 0.221 e. The van der Waals surface area contributed by atoms with Crippen LogP contribution in [0.4, 0.5) is 22.7 Å². The Kier molecular flexibility index (Phi) is 4.03. The number of anilines is 4. The summed E-state index contributed by atoms with van der Waals surface area (Å²) < 4.78 is 0. The second-order valence-electron chi connectivity index (χ2n) is 4.22. The molecule has 3 N–H and O–H groups in total. The molecular formula is C15H17N3O. The Balaban J connectivity index is 2.15. The first kappa shape index (κ1) is 13.0. The number of nitrogens with one attached hydrogen (secondary N) is 3. The zero-order valence-electron chi connectivity index (χ0n) is 11.0. The largest absolute Gasteiger partial charge is 0.388 e. The van der Waals surface area contributed by atoms with Crippen LogP contribution in [0.1, 0.15) is 6.92 Å². The van der Waals surface area contributed by atoms with E-state index in [-0.39, 0.29) is 5.91 Å². The van der Waals surface area contributed by atoms with E-state index >= 15 is 0 Å². The quantitative estimate of drug-likeness (QED) is 0.784. The summed E-state index contributed by atoms with van der Waals surface area (Å²) in [5.74, 6) is -0.0747. The highest BCUT2D eigenvalue weighted by Crippen LogP contribution is 2.22. The Morgan fingerprint density at radius 1 is 0.895 bits per heavy atom. The number of amides is 1. The highest BCUT2D eigenvalue weighted by molar-refractivity contribution is 5.89. The minimum absolute atomic E-state index is 0.0747. The summed E-state index contributed by atoms with van der Waals surface area (Å²) in [4.78, 5) is 11.0. The summed E-state index contributed by atoms with van der Waals surface area (Å²) in [6.07, 6.45) is 0. The predicted molar refractivity (Wildman–Crippen MR) is 80.0 cm³/mol. The standard InChI is InChI=1S/C15H17N3O/c1-11(19)17-13-6-4-8-15(10-13)18-14-7-3-5-12(9-14)16-2/h3-10,16,18H,1-2H3,(H,17,19). The number of carbonyl (C=O) groups is 1. The van der Waals surface area contributed by atoms with Gasteiger partial charge in [-0.05, 0) is 36.4 Å². The van der Waals surface area contributed by atoms with E-state index in [0.717, 1.165) is 22.7 Å². The van der Waals surface area contributed by atoms with E-state index in [1.165, 1.54) is 6.92 Å². The van der Waals surface area contributed by atoms with E-state index in [0.29, 0.717) is 0 Å². The van der Waals surface area contributed by atoms with Crippen molar-refractivity contribution in [2.75, 3.05) is 23.0 Å². The van der Waals surface area contributed by atoms with Gasteiger partial charge in [0, 0.05) is 36.7 Å². The van der Waals surface area contributed by atoms with Crippen molar-refractivity contribution in [1.29, 1.82) is 0 Å². The minimum Gasteiger partial charge on any atom is -0.388 e. The highest BCUT2D eigenvalue weighted by atomic mass is 16.1. The van der Waals surface area contributed by atoms with Gasteiger partial charge in [-0.2, -0.15) is 0 Å². The SMILES string of the molecule is CNc1cccc(Nc2cccc(NC(C)=O)c2)c1. The third kappa shape index (κ3) is 3.74. The molecule has 1 amide bonds. The summed E-state index contributed by atoms with van der Waals surface area (Å²) in [6, 6.07) is 15.6. The van der Waals surface area contributed by atoms with Crippen LogP contribution in [0.15, 0.2) is 48.5 Å². The van der Waals surface area contributed by atoms with Crippen LogP contribution in [0.5, 0.6) is 0 Å². The molecule has 0 unspecified atom stereocenters. The van der Waals surface area contributed by atoms with E-state index in [1.807, 2.05) is 55.6 Å². The molecule has 2 aromatic rings. The van der Waals surface area contributed by atoms with Crippen molar-refractivity contribution in [1.82, 2.24) is 0 Å². The third-order valence-electron chi connectivity index (χ3n) is 2.62. The molecule has 0 fully saturated rings. The molecule has 0 spiro atoms. The van der Waals surface area contributed by atoms with Crippen molar-refractivity contribution < 1.29 is 4.79 Å². The van der Waals surface area contributed by atoms with Crippen LogP contribution < -0.4 is 16.0 Å². The lowest BCUT2D eigenvalue weighted by Gasteiger charge is -2.10. The molecule has 4 nitrogen and oxygen atoms in total. The zero-order valence-corrected chi connectivity index (χ0v) is 11.0. The lowest BCUT2D eigenvalue weighted by atomic mass is 10.2. The number of carbonyl (C=O) groups excluding carboxylic acids is 1. The van der Waals surface area contributed by atoms with Crippen LogP contribution in [-0.4, -0.2) is 13.0 Å². The summed E-state index contributed by atoms with van der Waals surface area (Å²) in [6.45, 7) is 1.50. The second-order valence-corrected chi connectivity index (χ2v) is 4.22. The van der Waals surface area contributed by atoms with Crippen molar-refractivity contribution in [3.63, 3.8) is 0 Å². The van der Waals surface area contributed by atoms with Crippen LogP contribution in [0, 0.1) is 0 Å². The number of hydrogen-bond acceptors (Lipinski definition) is 3. The Bertz CT molecular complexity index is 581. The van der Waals surface area contributed by atoms with Gasteiger partial charge >= 0.3 is 0 Å². The summed E-state index contributed by atoms with van der Waals surface area (Å²) in [5, 5.41) is 9.16. The first-order valence-corrected chi connectivity index (χ1v) is 6.10. The van der Waals surface area contributed by atoms with Gasteiger partial charge in [0.05, 0.1) is 0 Å². The van der Waals surface area contributed by atoms with E-state index in [4.69, 9.17) is 0 Å². The highest BCUT2D eigenvalue weighted by Gasteiger charge is 1.99. The van der Waals surface area contributed by atoms with Crippen LogP contribution in [0.3, 0.4) is 0 Å². The third-order valence-corrected chi connectivity index (χ3v) is 2.62. The van der Waals surface area contributed by atoms with Crippen molar-refractivity contribution in [3.05, 3.63) is 48.5 Å². The lowest BCUT2D eigenvalue weighted by molar-refractivity contribution is -0.114.